The molecule has 0 aromatic heterocycles. The van der Waals surface area contributed by atoms with Crippen molar-refractivity contribution >= 4 is 0 Å². The molecule has 0 aromatic carbocycles. The first-order valence-electron chi connectivity index (χ1n) is 3.36. The summed E-state index contributed by atoms with van der Waals surface area (Å²) in [4.78, 5) is 2.10. The van der Waals surface area contributed by atoms with E-state index in [1.165, 1.54) is 0 Å². The molecule has 0 aliphatic carbocycles. The van der Waals surface area contributed by atoms with Crippen LogP contribution in [0.4, 0.5) is 0 Å². The first-order valence-corrected chi connectivity index (χ1v) is 3.36. The Morgan fingerprint density at radius 2 is 2.60 bits per heavy atom. The van der Waals surface area contributed by atoms with E-state index in [2.05, 4.69) is 23.1 Å². The fourth-order valence-electron chi connectivity index (χ4n) is 0.972. The van der Waals surface area contributed by atoms with Crippen LogP contribution in [0.2, 0.25) is 0 Å². The molecule has 1 unspecified atom stereocenters. The Balaban J connectivity index is 2.52. The number of rotatable bonds is 1. The van der Waals surface area contributed by atoms with E-state index in [0.29, 0.717) is 12.6 Å². The van der Waals surface area contributed by atoms with Crippen LogP contribution in [0.1, 0.15) is 13.3 Å². The van der Waals surface area contributed by atoms with Crippen LogP contribution < -0.4 is 5.32 Å². The molecule has 0 amide bonds. The summed E-state index contributed by atoms with van der Waals surface area (Å²) in [5.41, 5.74) is 1.14. The topological polar surface area (TPSA) is 15.3 Å². The molecule has 1 atom stereocenters. The van der Waals surface area contributed by atoms with Crippen molar-refractivity contribution in [3.05, 3.63) is 11.9 Å². The zero-order chi connectivity index (χ0) is 7.56. The van der Waals surface area contributed by atoms with E-state index in [1.807, 2.05) is 13.2 Å². The van der Waals surface area contributed by atoms with Crippen LogP contribution in [0.25, 0.3) is 0 Å². The maximum atomic E-state index is 5.15. The predicted molar refractivity (Wildman–Crippen MR) is 41.9 cm³/mol. The number of nitrogens with one attached hydrogen (secondary N) is 1. The molecule has 0 fully saturated rings. The molecular weight excluding hydrogens is 124 g/mol. The van der Waals surface area contributed by atoms with Gasteiger partial charge in [0.2, 0.25) is 0 Å². The molecule has 0 radical (unpaired) electrons. The van der Waals surface area contributed by atoms with Crippen molar-refractivity contribution in [1.29, 1.82) is 0 Å². The first-order chi connectivity index (χ1) is 4.74. The normalized spacial score (nSPS) is 23.5. The third-order valence-corrected chi connectivity index (χ3v) is 1.66. The van der Waals surface area contributed by atoms with E-state index < -0.39 is 0 Å². The summed E-state index contributed by atoms with van der Waals surface area (Å²) < 4.78 is 0. The molecule has 1 rings (SSSR count). The van der Waals surface area contributed by atoms with E-state index in [0.717, 1.165) is 5.70 Å². The van der Waals surface area contributed by atoms with E-state index in [9.17, 15) is 0 Å². The quantitative estimate of drug-likeness (QED) is 0.535. The monoisotopic (exact) mass is 136 g/mol. The van der Waals surface area contributed by atoms with Gasteiger partial charge in [0.15, 0.2) is 0 Å². The molecule has 1 aliphatic heterocycles. The highest BCUT2D eigenvalue weighted by Crippen LogP contribution is 2.09. The van der Waals surface area contributed by atoms with Crippen molar-refractivity contribution < 1.29 is 0 Å². The van der Waals surface area contributed by atoms with Crippen LogP contribution in [-0.2, 0) is 0 Å². The van der Waals surface area contributed by atoms with Crippen LogP contribution in [0.5, 0.6) is 0 Å². The largest absolute Gasteiger partial charge is 0.367 e. The fraction of sp³-hybridized carbons (Fsp3) is 0.500. The second kappa shape index (κ2) is 2.66. The summed E-state index contributed by atoms with van der Waals surface area (Å²) in [5, 5.41) is 3.25. The summed E-state index contributed by atoms with van der Waals surface area (Å²) in [7, 11) is 2.03. The van der Waals surface area contributed by atoms with Crippen LogP contribution in [0, 0.1) is 12.3 Å². The number of hydrogen-bond donors (Lipinski definition) is 1. The van der Waals surface area contributed by atoms with E-state index in [4.69, 9.17) is 6.42 Å². The predicted octanol–water partition coefficient (Wildman–Crippen LogP) is 0.732. The maximum Gasteiger partial charge on any atom is 0.0951 e. The van der Waals surface area contributed by atoms with E-state index in [-0.39, 0.29) is 0 Å². The molecule has 10 heavy (non-hydrogen) atoms. The zero-order valence-electron chi connectivity index (χ0n) is 6.39. The molecule has 2 nitrogen and oxygen atoms in total. The van der Waals surface area contributed by atoms with Crippen molar-refractivity contribution in [1.82, 2.24) is 10.2 Å². The van der Waals surface area contributed by atoms with Gasteiger partial charge >= 0.3 is 0 Å². The summed E-state index contributed by atoms with van der Waals surface area (Å²) in [6.07, 6.45) is 8.29. The van der Waals surface area contributed by atoms with Gasteiger partial charge in [0.1, 0.15) is 0 Å². The molecule has 0 saturated heterocycles. The molecule has 0 aromatic rings. The third-order valence-electron chi connectivity index (χ3n) is 1.66. The smallest absolute Gasteiger partial charge is 0.0951 e. The lowest BCUT2D eigenvalue weighted by atomic mass is 10.3. The third kappa shape index (κ3) is 1.24. The Labute approximate surface area is 61.9 Å². The molecule has 0 spiro atoms. The molecule has 2 heteroatoms. The minimum Gasteiger partial charge on any atom is -0.367 e. The van der Waals surface area contributed by atoms with Gasteiger partial charge in [-0.15, -0.1) is 12.3 Å². The zero-order valence-corrected chi connectivity index (χ0v) is 6.39. The van der Waals surface area contributed by atoms with Crippen molar-refractivity contribution in [2.45, 2.75) is 19.5 Å². The van der Waals surface area contributed by atoms with Gasteiger partial charge in [0.05, 0.1) is 12.6 Å². The van der Waals surface area contributed by atoms with Gasteiger partial charge in [-0.25, -0.2) is 0 Å². The van der Waals surface area contributed by atoms with Crippen LogP contribution in [0.15, 0.2) is 11.9 Å². The lowest BCUT2D eigenvalue weighted by Crippen LogP contribution is -2.29. The van der Waals surface area contributed by atoms with Crippen LogP contribution in [-0.4, -0.2) is 18.1 Å². The second-order valence-electron chi connectivity index (χ2n) is 2.52. The molecule has 54 valence electrons. The Kier molecular flexibility index (Phi) is 1.86. The highest BCUT2D eigenvalue weighted by atomic mass is 15.3. The van der Waals surface area contributed by atoms with Crippen molar-refractivity contribution in [3.8, 4) is 12.3 Å². The van der Waals surface area contributed by atoms with Crippen molar-refractivity contribution in [3.63, 3.8) is 0 Å². The van der Waals surface area contributed by atoms with E-state index in [1.54, 1.807) is 0 Å². The highest BCUT2D eigenvalue weighted by molar-refractivity contribution is 5.12. The second-order valence-corrected chi connectivity index (χ2v) is 2.52. The Morgan fingerprint density at radius 3 is 3.00 bits per heavy atom. The summed E-state index contributed by atoms with van der Waals surface area (Å²) in [5.74, 6) is 2.59. The Bertz CT molecular complexity index is 188. The summed E-state index contributed by atoms with van der Waals surface area (Å²) in [6, 6.07) is 0. The maximum absolute atomic E-state index is 5.15. The molecule has 0 bridgehead atoms. The summed E-state index contributed by atoms with van der Waals surface area (Å²) in [6.45, 7) is 2.10. The van der Waals surface area contributed by atoms with Crippen LogP contribution in [0.3, 0.4) is 0 Å². The van der Waals surface area contributed by atoms with Gasteiger partial charge in [-0.1, -0.05) is 0 Å². The Morgan fingerprint density at radius 1 is 1.90 bits per heavy atom. The van der Waals surface area contributed by atoms with Gasteiger partial charge in [-0.05, 0) is 6.92 Å². The first kappa shape index (κ1) is 7.01. The van der Waals surface area contributed by atoms with Crippen molar-refractivity contribution in [2.75, 3.05) is 7.05 Å². The summed E-state index contributed by atoms with van der Waals surface area (Å²) >= 11 is 0. The molecule has 1 heterocycles. The van der Waals surface area contributed by atoms with Gasteiger partial charge in [0.25, 0.3) is 0 Å². The number of hydrogen-bond acceptors (Lipinski definition) is 2. The standard InChI is InChI=1S/C8H12N2/c1-4-5-8-6-10(3)7(2)9-8/h1,6-7,9H,5H2,2-3H3. The fourth-order valence-corrected chi connectivity index (χ4v) is 0.972. The lowest BCUT2D eigenvalue weighted by Gasteiger charge is -2.15. The van der Waals surface area contributed by atoms with E-state index >= 15 is 0 Å². The van der Waals surface area contributed by atoms with Crippen LogP contribution >= 0.6 is 0 Å². The molecule has 1 aliphatic rings. The molecule has 1 N–H and O–H groups in total. The van der Waals surface area contributed by atoms with Gasteiger partial charge in [-0.3, -0.25) is 0 Å². The lowest BCUT2D eigenvalue weighted by molar-refractivity contribution is 0.354. The SMILES string of the molecule is C#CCC1=CN(C)C(C)N1. The minimum atomic E-state index is 0.392. The number of allylic oxidation sites excluding steroid dienone is 1. The van der Waals surface area contributed by atoms with Gasteiger partial charge in [-0.2, -0.15) is 0 Å². The highest BCUT2D eigenvalue weighted by Gasteiger charge is 2.13. The molecule has 0 saturated carbocycles. The molecular formula is C8H12N2. The number of nitrogens with zero attached hydrogens (tertiary/aromatic N) is 1. The van der Waals surface area contributed by atoms with Gasteiger partial charge in [0, 0.05) is 18.9 Å². The van der Waals surface area contributed by atoms with Crippen molar-refractivity contribution in [2.24, 2.45) is 0 Å². The van der Waals surface area contributed by atoms with Gasteiger partial charge < -0.3 is 10.2 Å². The Hall–Kier alpha value is -1.10. The minimum absolute atomic E-state index is 0.392. The average molecular weight is 136 g/mol. The number of terminal acetylenes is 1. The average Bonchev–Trinajstić information content (AvgIpc) is 2.14.